The summed E-state index contributed by atoms with van der Waals surface area (Å²) in [7, 11) is 0. The van der Waals surface area contributed by atoms with E-state index in [2.05, 4.69) is 32.9 Å². The highest BCUT2D eigenvalue weighted by Crippen LogP contribution is 2.28. The first-order valence-electron chi connectivity index (χ1n) is 10.9. The van der Waals surface area contributed by atoms with E-state index in [0.717, 1.165) is 17.5 Å². The van der Waals surface area contributed by atoms with E-state index in [1.807, 2.05) is 6.92 Å². The first kappa shape index (κ1) is 22.1. The van der Waals surface area contributed by atoms with Crippen LogP contribution >= 0.6 is 0 Å². The summed E-state index contributed by atoms with van der Waals surface area (Å²) in [6.07, 6.45) is 17.6. The summed E-state index contributed by atoms with van der Waals surface area (Å²) in [5.74, 6) is 1.23. The minimum Gasteiger partial charge on any atom is -0.507 e. The van der Waals surface area contributed by atoms with Gasteiger partial charge in [0.15, 0.2) is 0 Å². The maximum Gasteiger partial charge on any atom is 0.121 e. The number of hydrogen-bond donors (Lipinski definition) is 1. The van der Waals surface area contributed by atoms with Crippen molar-refractivity contribution in [2.45, 2.75) is 111 Å². The molecule has 0 spiro atoms. The van der Waals surface area contributed by atoms with Gasteiger partial charge >= 0.3 is 0 Å². The summed E-state index contributed by atoms with van der Waals surface area (Å²) in [6.45, 7) is 8.71. The molecule has 0 radical (unpaired) electrons. The molecule has 0 saturated carbocycles. The van der Waals surface area contributed by atoms with Gasteiger partial charge in [-0.1, -0.05) is 109 Å². The van der Waals surface area contributed by atoms with Crippen LogP contribution in [0.5, 0.6) is 5.75 Å². The first-order chi connectivity index (χ1) is 12.1. The fourth-order valence-electron chi connectivity index (χ4n) is 3.89. The van der Waals surface area contributed by atoms with Gasteiger partial charge in [0.2, 0.25) is 0 Å². The topological polar surface area (TPSA) is 20.2 Å². The fraction of sp³-hybridized carbons (Fsp3) is 0.750. The molecule has 0 aliphatic carbocycles. The van der Waals surface area contributed by atoms with E-state index in [0.29, 0.717) is 11.7 Å². The molecule has 0 saturated heterocycles. The van der Waals surface area contributed by atoms with Gasteiger partial charge in [0, 0.05) is 0 Å². The van der Waals surface area contributed by atoms with Crippen LogP contribution in [0.15, 0.2) is 12.1 Å². The molecule has 25 heavy (non-hydrogen) atoms. The molecule has 1 unspecified atom stereocenters. The molecule has 1 heteroatoms. The molecule has 1 aromatic rings. The molecule has 1 atom stereocenters. The molecular weight excluding hydrogens is 304 g/mol. The largest absolute Gasteiger partial charge is 0.507 e. The lowest BCUT2D eigenvalue weighted by Gasteiger charge is -2.17. The highest BCUT2D eigenvalue weighted by Gasteiger charge is 2.12. The van der Waals surface area contributed by atoms with Gasteiger partial charge in [0.1, 0.15) is 5.75 Å². The molecule has 0 fully saturated rings. The number of phenols is 1. The Kier molecular flexibility index (Phi) is 11.7. The van der Waals surface area contributed by atoms with E-state index in [9.17, 15) is 5.11 Å². The zero-order chi connectivity index (χ0) is 18.5. The number of phenolic OH excluding ortho intramolecular Hbond substituents is 1. The summed E-state index contributed by atoms with van der Waals surface area (Å²) < 4.78 is 0. The molecule has 0 bridgehead atoms. The molecule has 0 aliphatic rings. The minimum absolute atomic E-state index is 0.520. The Balaban J connectivity index is 2.18. The van der Waals surface area contributed by atoms with Gasteiger partial charge in [-0.2, -0.15) is 0 Å². The third kappa shape index (κ3) is 9.33. The smallest absolute Gasteiger partial charge is 0.121 e. The quantitative estimate of drug-likeness (QED) is 0.339. The van der Waals surface area contributed by atoms with Crippen molar-refractivity contribution in [3.63, 3.8) is 0 Å². The second kappa shape index (κ2) is 13.3. The van der Waals surface area contributed by atoms with Crippen LogP contribution in [0.2, 0.25) is 0 Å². The first-order valence-corrected chi connectivity index (χ1v) is 10.9. The molecule has 1 nitrogen and oxygen atoms in total. The maximum absolute atomic E-state index is 10.3. The second-order valence-electron chi connectivity index (χ2n) is 8.04. The van der Waals surface area contributed by atoms with Crippen LogP contribution in [0.3, 0.4) is 0 Å². The SMILES string of the molecule is CCCCCCCCCCCCC(CC)Cc1cc(C)cc(C)c1O. The van der Waals surface area contributed by atoms with Gasteiger partial charge in [-0.25, -0.2) is 0 Å². The van der Waals surface area contributed by atoms with Crippen LogP contribution in [-0.4, -0.2) is 5.11 Å². The Morgan fingerprint density at radius 1 is 0.800 bits per heavy atom. The van der Waals surface area contributed by atoms with Gasteiger partial charge in [-0.3, -0.25) is 0 Å². The number of rotatable bonds is 14. The van der Waals surface area contributed by atoms with E-state index >= 15 is 0 Å². The Labute approximate surface area is 157 Å². The van der Waals surface area contributed by atoms with E-state index in [1.165, 1.54) is 82.6 Å². The normalized spacial score (nSPS) is 12.5. The minimum atomic E-state index is 0.520. The van der Waals surface area contributed by atoms with Gasteiger partial charge in [0.25, 0.3) is 0 Å². The van der Waals surface area contributed by atoms with Crippen LogP contribution in [-0.2, 0) is 6.42 Å². The Morgan fingerprint density at radius 2 is 1.36 bits per heavy atom. The van der Waals surface area contributed by atoms with Crippen molar-refractivity contribution < 1.29 is 5.11 Å². The van der Waals surface area contributed by atoms with Crippen LogP contribution in [0, 0.1) is 19.8 Å². The van der Waals surface area contributed by atoms with Crippen molar-refractivity contribution in [2.75, 3.05) is 0 Å². The van der Waals surface area contributed by atoms with Crippen molar-refractivity contribution in [3.05, 3.63) is 28.8 Å². The highest BCUT2D eigenvalue weighted by molar-refractivity contribution is 5.42. The Morgan fingerprint density at radius 3 is 1.92 bits per heavy atom. The monoisotopic (exact) mass is 346 g/mol. The van der Waals surface area contributed by atoms with Gasteiger partial charge in [-0.15, -0.1) is 0 Å². The molecule has 1 rings (SSSR count). The molecule has 0 heterocycles. The Bertz CT molecular complexity index is 463. The summed E-state index contributed by atoms with van der Waals surface area (Å²) in [4.78, 5) is 0. The highest BCUT2D eigenvalue weighted by atomic mass is 16.3. The molecule has 1 aromatic carbocycles. The zero-order valence-corrected chi connectivity index (χ0v) is 17.4. The predicted molar refractivity (Wildman–Crippen MR) is 112 cm³/mol. The second-order valence-corrected chi connectivity index (χ2v) is 8.04. The van der Waals surface area contributed by atoms with Gasteiger partial charge in [-0.05, 0) is 37.3 Å². The average molecular weight is 347 g/mol. The number of aryl methyl sites for hydroxylation is 2. The fourth-order valence-corrected chi connectivity index (χ4v) is 3.89. The van der Waals surface area contributed by atoms with Crippen LogP contribution < -0.4 is 0 Å². The number of unbranched alkanes of at least 4 members (excludes halogenated alkanes) is 9. The zero-order valence-electron chi connectivity index (χ0n) is 17.4. The van der Waals surface area contributed by atoms with Crippen molar-refractivity contribution in [3.8, 4) is 5.75 Å². The molecule has 1 N–H and O–H groups in total. The molecule has 0 amide bonds. The summed E-state index contributed by atoms with van der Waals surface area (Å²) in [5, 5.41) is 10.3. The van der Waals surface area contributed by atoms with E-state index in [4.69, 9.17) is 0 Å². The van der Waals surface area contributed by atoms with Gasteiger partial charge < -0.3 is 5.11 Å². The van der Waals surface area contributed by atoms with Gasteiger partial charge in [0.05, 0.1) is 0 Å². The Hall–Kier alpha value is -0.980. The van der Waals surface area contributed by atoms with E-state index < -0.39 is 0 Å². The van der Waals surface area contributed by atoms with Crippen LogP contribution in [0.4, 0.5) is 0 Å². The van der Waals surface area contributed by atoms with Crippen molar-refractivity contribution in [2.24, 2.45) is 5.92 Å². The molecule has 0 aromatic heterocycles. The number of benzene rings is 1. The number of aromatic hydroxyl groups is 1. The maximum atomic E-state index is 10.3. The summed E-state index contributed by atoms with van der Waals surface area (Å²) in [5.41, 5.74) is 3.43. The molecular formula is C24H42O. The lowest BCUT2D eigenvalue weighted by molar-refractivity contribution is 0.417. The lowest BCUT2D eigenvalue weighted by Crippen LogP contribution is -2.04. The predicted octanol–water partition coefficient (Wildman–Crippen LogP) is 7.89. The van der Waals surface area contributed by atoms with E-state index in [-0.39, 0.29) is 0 Å². The van der Waals surface area contributed by atoms with Crippen molar-refractivity contribution in [1.82, 2.24) is 0 Å². The third-order valence-electron chi connectivity index (χ3n) is 5.58. The summed E-state index contributed by atoms with van der Waals surface area (Å²) in [6, 6.07) is 4.24. The summed E-state index contributed by atoms with van der Waals surface area (Å²) >= 11 is 0. The molecule has 0 aliphatic heterocycles. The average Bonchev–Trinajstić information content (AvgIpc) is 2.59. The number of hydrogen-bond acceptors (Lipinski definition) is 1. The lowest BCUT2D eigenvalue weighted by atomic mass is 9.89. The van der Waals surface area contributed by atoms with Crippen LogP contribution in [0.1, 0.15) is 108 Å². The third-order valence-corrected chi connectivity index (χ3v) is 5.58. The standard InChI is InChI=1S/C24H42O/c1-5-7-8-9-10-11-12-13-14-15-16-22(6-2)19-23-18-20(3)17-21(4)24(23)25/h17-18,22,25H,5-16,19H2,1-4H3. The molecule has 144 valence electrons. The van der Waals surface area contributed by atoms with Crippen molar-refractivity contribution in [1.29, 1.82) is 0 Å². The van der Waals surface area contributed by atoms with E-state index in [1.54, 1.807) is 0 Å². The van der Waals surface area contributed by atoms with Crippen molar-refractivity contribution >= 4 is 0 Å². The van der Waals surface area contributed by atoms with Crippen LogP contribution in [0.25, 0.3) is 0 Å².